The summed E-state index contributed by atoms with van der Waals surface area (Å²) in [6.45, 7) is 0.591. The number of carbonyl (C=O) groups excluding carboxylic acids is 1. The van der Waals surface area contributed by atoms with Crippen LogP contribution in [0.25, 0.3) is 0 Å². The van der Waals surface area contributed by atoms with Crippen LogP contribution in [0.5, 0.6) is 0 Å². The number of amides is 1. The molecule has 98 valence electrons. The Labute approximate surface area is 106 Å². The molecule has 0 atom stereocenters. The molecule has 1 fully saturated rings. The van der Waals surface area contributed by atoms with Gasteiger partial charge in [-0.25, -0.2) is 8.42 Å². The summed E-state index contributed by atoms with van der Waals surface area (Å²) in [5.41, 5.74) is 5.96. The average molecular weight is 269 g/mol. The molecule has 1 aliphatic heterocycles. The third kappa shape index (κ3) is 2.32. The monoisotopic (exact) mass is 269 g/mol. The summed E-state index contributed by atoms with van der Waals surface area (Å²) < 4.78 is 25.8. The topological polar surface area (TPSA) is 83.7 Å². The van der Waals surface area contributed by atoms with Gasteiger partial charge in [-0.3, -0.25) is 4.79 Å². The Hall–Kier alpha value is -1.60. The lowest BCUT2D eigenvalue weighted by Gasteiger charge is -2.31. The first-order valence-corrected chi connectivity index (χ1v) is 6.95. The Kier molecular flexibility index (Phi) is 3.27. The van der Waals surface area contributed by atoms with E-state index in [1.54, 1.807) is 19.2 Å². The van der Waals surface area contributed by atoms with E-state index < -0.39 is 10.0 Å². The molecule has 1 amide bonds. The number of nitrogen functional groups attached to an aromatic ring is 1. The molecule has 1 aromatic rings. The summed E-state index contributed by atoms with van der Waals surface area (Å²) >= 11 is 0. The molecule has 0 unspecified atom stereocenters. The fourth-order valence-corrected chi connectivity index (χ4v) is 3.20. The van der Waals surface area contributed by atoms with E-state index in [4.69, 9.17) is 5.73 Å². The van der Waals surface area contributed by atoms with E-state index in [2.05, 4.69) is 0 Å². The first kappa shape index (κ1) is 12.8. The molecule has 1 heterocycles. The summed E-state index contributed by atoms with van der Waals surface area (Å²) in [4.78, 5) is 13.2. The van der Waals surface area contributed by atoms with Crippen LogP contribution < -0.4 is 5.73 Å². The van der Waals surface area contributed by atoms with Crippen molar-refractivity contribution in [1.29, 1.82) is 0 Å². The van der Waals surface area contributed by atoms with Gasteiger partial charge in [0.2, 0.25) is 15.9 Å². The number of rotatable bonds is 2. The fraction of sp³-hybridized carbons (Fsp3) is 0.364. The van der Waals surface area contributed by atoms with E-state index in [-0.39, 0.29) is 17.3 Å². The van der Waals surface area contributed by atoms with Crippen molar-refractivity contribution >= 4 is 21.6 Å². The Morgan fingerprint density at radius 2 is 2.00 bits per heavy atom. The molecule has 1 saturated heterocycles. The summed E-state index contributed by atoms with van der Waals surface area (Å²) in [5.74, 6) is -0.200. The number of nitrogens with zero attached hydrogens (tertiary/aromatic N) is 2. The van der Waals surface area contributed by atoms with Gasteiger partial charge in [0, 0.05) is 25.8 Å². The summed E-state index contributed by atoms with van der Waals surface area (Å²) in [7, 11) is -1.98. The Morgan fingerprint density at radius 3 is 2.61 bits per heavy atom. The van der Waals surface area contributed by atoms with E-state index in [0.717, 1.165) is 0 Å². The average Bonchev–Trinajstić information content (AvgIpc) is 2.32. The van der Waals surface area contributed by atoms with E-state index in [0.29, 0.717) is 18.8 Å². The fourth-order valence-electron chi connectivity index (χ4n) is 1.77. The second-order valence-corrected chi connectivity index (χ2v) is 6.16. The van der Waals surface area contributed by atoms with Crippen LogP contribution in [0.3, 0.4) is 0 Å². The highest BCUT2D eigenvalue weighted by molar-refractivity contribution is 7.89. The van der Waals surface area contributed by atoms with Crippen LogP contribution in [0.1, 0.15) is 0 Å². The zero-order valence-corrected chi connectivity index (χ0v) is 10.9. The maximum atomic E-state index is 12.3. The van der Waals surface area contributed by atoms with Crippen LogP contribution in [0, 0.1) is 0 Å². The van der Waals surface area contributed by atoms with Crippen LogP contribution in [-0.2, 0) is 14.8 Å². The molecule has 7 heteroatoms. The quantitative estimate of drug-likeness (QED) is 0.749. The van der Waals surface area contributed by atoms with Gasteiger partial charge in [-0.2, -0.15) is 4.31 Å². The number of nitrogens with two attached hydrogens (primary N) is 1. The highest BCUT2D eigenvalue weighted by Gasteiger charge is 2.31. The standard InChI is InChI=1S/C11H15N3O3S/c1-13-5-6-14(8-11(13)15)18(16,17)10-4-2-3-9(12)7-10/h2-4,7H,5-6,8,12H2,1H3. The third-order valence-corrected chi connectivity index (χ3v) is 4.76. The molecular weight excluding hydrogens is 254 g/mol. The predicted molar refractivity (Wildman–Crippen MR) is 67.3 cm³/mol. The van der Waals surface area contributed by atoms with Crippen molar-refractivity contribution < 1.29 is 13.2 Å². The van der Waals surface area contributed by atoms with Gasteiger partial charge in [0.1, 0.15) is 0 Å². The molecule has 18 heavy (non-hydrogen) atoms. The predicted octanol–water partition coefficient (Wildman–Crippen LogP) is -0.269. The van der Waals surface area contributed by atoms with Crippen molar-refractivity contribution in [3.63, 3.8) is 0 Å². The van der Waals surface area contributed by atoms with Crippen molar-refractivity contribution in [3.05, 3.63) is 24.3 Å². The number of hydrogen-bond donors (Lipinski definition) is 1. The first-order valence-electron chi connectivity index (χ1n) is 5.51. The maximum absolute atomic E-state index is 12.3. The number of benzene rings is 1. The molecule has 6 nitrogen and oxygen atoms in total. The molecule has 2 rings (SSSR count). The highest BCUT2D eigenvalue weighted by Crippen LogP contribution is 2.19. The van der Waals surface area contributed by atoms with Crippen LogP contribution >= 0.6 is 0 Å². The van der Waals surface area contributed by atoms with Crippen LogP contribution in [0.15, 0.2) is 29.2 Å². The normalized spacial score (nSPS) is 18.1. The largest absolute Gasteiger partial charge is 0.399 e. The highest BCUT2D eigenvalue weighted by atomic mass is 32.2. The minimum absolute atomic E-state index is 0.117. The van der Waals surface area contributed by atoms with Gasteiger partial charge in [0.25, 0.3) is 0 Å². The number of likely N-dealkylation sites (N-methyl/N-ethyl adjacent to an activating group) is 1. The van der Waals surface area contributed by atoms with Crippen LogP contribution in [0.2, 0.25) is 0 Å². The van der Waals surface area contributed by atoms with E-state index in [1.807, 2.05) is 0 Å². The SMILES string of the molecule is CN1CCN(S(=O)(=O)c2cccc(N)c2)CC1=O. The van der Waals surface area contributed by atoms with Gasteiger partial charge in [-0.05, 0) is 18.2 Å². The Morgan fingerprint density at radius 1 is 1.28 bits per heavy atom. The number of piperazine rings is 1. The maximum Gasteiger partial charge on any atom is 0.243 e. The minimum atomic E-state index is -3.64. The molecular formula is C11H15N3O3S. The van der Waals surface area contributed by atoms with Crippen LogP contribution in [0.4, 0.5) is 5.69 Å². The van der Waals surface area contributed by atoms with E-state index in [9.17, 15) is 13.2 Å². The lowest BCUT2D eigenvalue weighted by Crippen LogP contribution is -2.50. The van der Waals surface area contributed by atoms with Crippen molar-refractivity contribution in [2.45, 2.75) is 4.90 Å². The molecule has 0 saturated carbocycles. The third-order valence-electron chi connectivity index (χ3n) is 2.92. The Bertz CT molecular complexity index is 571. The second-order valence-electron chi connectivity index (χ2n) is 4.23. The van der Waals surface area contributed by atoms with Crippen LogP contribution in [-0.4, -0.2) is 50.2 Å². The summed E-state index contributed by atoms with van der Waals surface area (Å²) in [6.07, 6.45) is 0. The molecule has 0 aliphatic carbocycles. The second kappa shape index (κ2) is 4.58. The molecule has 0 aromatic heterocycles. The zero-order valence-electron chi connectivity index (χ0n) is 10.0. The molecule has 0 bridgehead atoms. The summed E-state index contributed by atoms with van der Waals surface area (Å²) in [5, 5.41) is 0. The minimum Gasteiger partial charge on any atom is -0.399 e. The molecule has 1 aromatic carbocycles. The van der Waals surface area contributed by atoms with Gasteiger partial charge in [-0.1, -0.05) is 6.07 Å². The Balaban J connectivity index is 2.30. The van der Waals surface area contributed by atoms with Gasteiger partial charge < -0.3 is 10.6 Å². The number of carbonyl (C=O) groups is 1. The van der Waals surface area contributed by atoms with E-state index in [1.165, 1.54) is 21.3 Å². The molecule has 2 N–H and O–H groups in total. The molecule has 0 radical (unpaired) electrons. The van der Waals surface area contributed by atoms with Crippen molar-refractivity contribution in [1.82, 2.24) is 9.21 Å². The number of sulfonamides is 1. The first-order chi connectivity index (χ1) is 8.41. The van der Waals surface area contributed by atoms with Gasteiger partial charge >= 0.3 is 0 Å². The van der Waals surface area contributed by atoms with Crippen molar-refractivity contribution in [2.75, 3.05) is 32.4 Å². The van der Waals surface area contributed by atoms with Crippen molar-refractivity contribution in [2.24, 2.45) is 0 Å². The molecule has 0 spiro atoms. The van der Waals surface area contributed by atoms with Gasteiger partial charge in [0.05, 0.1) is 11.4 Å². The van der Waals surface area contributed by atoms with Gasteiger partial charge in [0.15, 0.2) is 0 Å². The van der Waals surface area contributed by atoms with Gasteiger partial charge in [-0.15, -0.1) is 0 Å². The summed E-state index contributed by atoms with van der Waals surface area (Å²) in [6, 6.07) is 6.08. The lowest BCUT2D eigenvalue weighted by atomic mass is 10.3. The van der Waals surface area contributed by atoms with E-state index >= 15 is 0 Å². The number of hydrogen-bond acceptors (Lipinski definition) is 4. The van der Waals surface area contributed by atoms with Crippen molar-refractivity contribution in [3.8, 4) is 0 Å². The zero-order chi connectivity index (χ0) is 13.3. The smallest absolute Gasteiger partial charge is 0.243 e. The number of anilines is 1. The lowest BCUT2D eigenvalue weighted by molar-refractivity contribution is -0.132. The molecule has 1 aliphatic rings.